The summed E-state index contributed by atoms with van der Waals surface area (Å²) in [4.78, 5) is 19.3. The van der Waals surface area contributed by atoms with E-state index in [0.29, 0.717) is 46.7 Å². The first kappa shape index (κ1) is 29.5. The van der Waals surface area contributed by atoms with Crippen LogP contribution in [0.3, 0.4) is 0 Å². The molecule has 10 nitrogen and oxygen atoms in total. The molecule has 0 bridgehead atoms. The number of pyridine rings is 1. The number of nitrogens with one attached hydrogen (secondary N) is 1. The number of fused-ring (bicyclic) bond motifs is 1. The zero-order chi connectivity index (χ0) is 27.1. The van der Waals surface area contributed by atoms with E-state index in [1.165, 1.54) is 25.4 Å². The van der Waals surface area contributed by atoms with Gasteiger partial charge in [-0.3, -0.25) is 9.48 Å². The van der Waals surface area contributed by atoms with Gasteiger partial charge in [0.05, 0.1) is 12.6 Å². The molecular formula is C26H30FN6NaO4S. The number of hydrogen-bond acceptors (Lipinski definition) is 7. The van der Waals surface area contributed by atoms with Crippen LogP contribution in [0.1, 0.15) is 37.8 Å². The van der Waals surface area contributed by atoms with Gasteiger partial charge in [0.15, 0.2) is 11.1 Å². The molecule has 0 radical (unpaired) electrons. The number of urea groups is 1. The van der Waals surface area contributed by atoms with Gasteiger partial charge in [0.2, 0.25) is 15.9 Å². The second-order valence-electron chi connectivity index (χ2n) is 10.2. The van der Waals surface area contributed by atoms with E-state index in [4.69, 9.17) is 4.74 Å². The van der Waals surface area contributed by atoms with Gasteiger partial charge in [-0.2, -0.15) is 5.10 Å². The van der Waals surface area contributed by atoms with Crippen LogP contribution in [0.2, 0.25) is 0 Å². The molecule has 1 aliphatic carbocycles. The summed E-state index contributed by atoms with van der Waals surface area (Å²) in [6.45, 7) is 6.69. The summed E-state index contributed by atoms with van der Waals surface area (Å²) in [6.07, 6.45) is 6.04. The van der Waals surface area contributed by atoms with E-state index < -0.39 is 21.6 Å². The van der Waals surface area contributed by atoms with Crippen molar-refractivity contribution in [2.24, 2.45) is 0 Å². The van der Waals surface area contributed by atoms with Crippen molar-refractivity contribution in [1.82, 2.24) is 19.7 Å². The summed E-state index contributed by atoms with van der Waals surface area (Å²) in [5.41, 5.74) is 1.99. The van der Waals surface area contributed by atoms with E-state index in [1.807, 2.05) is 13.8 Å². The third-order valence-corrected chi connectivity index (χ3v) is 8.20. The third kappa shape index (κ3) is 6.14. The van der Waals surface area contributed by atoms with Crippen molar-refractivity contribution < 1.29 is 51.9 Å². The first-order valence-corrected chi connectivity index (χ1v) is 13.9. The molecule has 39 heavy (non-hydrogen) atoms. The molecule has 0 saturated carbocycles. The van der Waals surface area contributed by atoms with E-state index in [0.717, 1.165) is 32.5 Å². The van der Waals surface area contributed by atoms with Gasteiger partial charge in [0.1, 0.15) is 5.82 Å². The number of carbonyl (C=O) groups excluding carboxylic acids is 1. The van der Waals surface area contributed by atoms with Gasteiger partial charge in [-0.25, -0.2) is 17.8 Å². The SMILES string of the molecule is COc1cc(-c2cc(F)c3c(c2NC(=O)[N-]S(=O)(=O)c2ccn(C(C)(C)CN4CCC4)n2)CCC3)ccn1.[Na+]. The number of ether oxygens (including phenoxy) is 1. The zero-order valence-electron chi connectivity index (χ0n) is 22.6. The van der Waals surface area contributed by atoms with E-state index in [9.17, 15) is 17.6 Å². The van der Waals surface area contributed by atoms with Crippen LogP contribution in [0.25, 0.3) is 15.8 Å². The number of rotatable bonds is 8. The van der Waals surface area contributed by atoms with Crippen molar-refractivity contribution in [3.05, 3.63) is 58.3 Å². The maximum absolute atomic E-state index is 14.9. The molecule has 0 unspecified atom stereocenters. The Morgan fingerprint density at radius 3 is 2.62 bits per heavy atom. The first-order chi connectivity index (χ1) is 18.1. The van der Waals surface area contributed by atoms with Crippen LogP contribution in [-0.2, 0) is 28.4 Å². The van der Waals surface area contributed by atoms with E-state index >= 15 is 0 Å². The number of anilines is 1. The standard InChI is InChI=1S/C26H31FN6O4S.Na/c1-26(2,16-32-11-5-12-32)33-13-9-23(30-33)38(35,36)31-25(34)29-24-19-7-4-6-18(19)21(27)15-20(24)17-8-10-28-22(14-17)37-3;/h8-10,13-15H,4-7,11-12,16H2,1-3H3,(H2,28,29,31,34);/q;+1/p-1. The molecule has 0 spiro atoms. The number of sulfonamides is 1. The van der Waals surface area contributed by atoms with E-state index in [2.05, 4.69) is 25.0 Å². The van der Waals surface area contributed by atoms with Gasteiger partial charge in [0.25, 0.3) is 0 Å². The average molecular weight is 565 g/mol. The van der Waals surface area contributed by atoms with Gasteiger partial charge in [-0.15, -0.1) is 0 Å². The number of nitrogens with zero attached hydrogens (tertiary/aromatic N) is 5. The summed E-state index contributed by atoms with van der Waals surface area (Å²) in [6, 6.07) is 4.88. The van der Waals surface area contributed by atoms with Crippen molar-refractivity contribution in [2.75, 3.05) is 32.1 Å². The summed E-state index contributed by atoms with van der Waals surface area (Å²) >= 11 is 0. The van der Waals surface area contributed by atoms with Crippen molar-refractivity contribution in [2.45, 2.75) is 50.1 Å². The number of benzene rings is 1. The molecule has 2 aromatic heterocycles. The Kier molecular flexibility index (Phi) is 8.72. The Hall–Kier alpha value is -2.51. The maximum Gasteiger partial charge on any atom is 1.00 e. The fourth-order valence-electron chi connectivity index (χ4n) is 5.02. The Morgan fingerprint density at radius 2 is 1.92 bits per heavy atom. The van der Waals surface area contributed by atoms with Crippen LogP contribution in [-0.4, -0.2) is 60.9 Å². The number of carbonyl (C=O) groups is 1. The van der Waals surface area contributed by atoms with Gasteiger partial charge >= 0.3 is 29.6 Å². The largest absolute Gasteiger partial charge is 1.00 e. The minimum absolute atomic E-state index is 0. The molecule has 1 saturated heterocycles. The quantitative estimate of drug-likeness (QED) is 0.410. The van der Waals surface area contributed by atoms with E-state index in [1.54, 1.807) is 23.0 Å². The van der Waals surface area contributed by atoms with Crippen LogP contribution in [0, 0.1) is 5.82 Å². The molecule has 1 aromatic carbocycles. The molecule has 1 fully saturated rings. The molecule has 0 atom stereocenters. The van der Waals surface area contributed by atoms with Gasteiger partial charge in [-0.1, -0.05) is 0 Å². The summed E-state index contributed by atoms with van der Waals surface area (Å²) in [7, 11) is -2.92. The third-order valence-electron chi connectivity index (χ3n) is 7.05. The number of halogens is 1. The number of amides is 2. The number of aromatic nitrogens is 3. The molecule has 2 aliphatic rings. The average Bonchev–Trinajstić information content (AvgIpc) is 3.54. The van der Waals surface area contributed by atoms with Crippen LogP contribution in [0.4, 0.5) is 14.9 Å². The summed E-state index contributed by atoms with van der Waals surface area (Å²) in [5.74, 6) is -0.0576. The Bertz CT molecular complexity index is 1490. The molecule has 3 aromatic rings. The van der Waals surface area contributed by atoms with Gasteiger partial charge in [-0.05, 0) is 98.8 Å². The van der Waals surface area contributed by atoms with Crippen LogP contribution in [0.5, 0.6) is 5.88 Å². The Balaban J connectivity index is 0.00000353. The molecule has 13 heteroatoms. The van der Waals surface area contributed by atoms with Crippen molar-refractivity contribution in [3.63, 3.8) is 0 Å². The monoisotopic (exact) mass is 564 g/mol. The first-order valence-electron chi connectivity index (χ1n) is 12.5. The second kappa shape index (κ2) is 11.5. The molecule has 5 rings (SSSR count). The van der Waals surface area contributed by atoms with Gasteiger partial charge < -0.3 is 19.7 Å². The minimum Gasteiger partial charge on any atom is -0.481 e. The van der Waals surface area contributed by atoms with Crippen molar-refractivity contribution >= 4 is 21.7 Å². The van der Waals surface area contributed by atoms with Crippen LogP contribution in [0.15, 0.2) is 41.7 Å². The fraction of sp³-hybridized carbons (Fsp3) is 0.423. The van der Waals surface area contributed by atoms with E-state index in [-0.39, 0.29) is 40.4 Å². The molecule has 202 valence electrons. The predicted octanol–water partition coefficient (Wildman–Crippen LogP) is 1.32. The Labute approximate surface area is 249 Å². The zero-order valence-corrected chi connectivity index (χ0v) is 25.4. The van der Waals surface area contributed by atoms with Crippen LogP contribution >= 0.6 is 0 Å². The Morgan fingerprint density at radius 1 is 1.18 bits per heavy atom. The van der Waals surface area contributed by atoms with Gasteiger partial charge in [0, 0.05) is 25.0 Å². The number of likely N-dealkylation sites (tertiary alicyclic amines) is 1. The molecule has 1 aliphatic heterocycles. The molecule has 3 heterocycles. The normalized spacial score (nSPS) is 15.2. The summed E-state index contributed by atoms with van der Waals surface area (Å²) in [5, 5.41) is 6.55. The smallest absolute Gasteiger partial charge is 0.481 e. The molecular weight excluding hydrogens is 534 g/mol. The minimum atomic E-state index is -4.39. The topological polar surface area (TPSA) is 121 Å². The number of hydrogen-bond donors (Lipinski definition) is 1. The maximum atomic E-state index is 14.9. The molecule has 2 amide bonds. The molecule has 1 N–H and O–H groups in total. The fourth-order valence-corrected chi connectivity index (χ4v) is 5.80. The van der Waals surface area contributed by atoms with Crippen molar-refractivity contribution in [1.29, 1.82) is 0 Å². The number of methoxy groups -OCH3 is 1. The predicted molar refractivity (Wildman–Crippen MR) is 140 cm³/mol. The summed E-state index contributed by atoms with van der Waals surface area (Å²) < 4.78 is 51.2. The van der Waals surface area contributed by atoms with Crippen molar-refractivity contribution in [3.8, 4) is 17.0 Å². The second-order valence-corrected chi connectivity index (χ2v) is 11.8. The van der Waals surface area contributed by atoms with Crippen LogP contribution < -0.4 is 39.6 Å².